The number of rotatable bonds is 4. The Hall–Kier alpha value is -2.67. The van der Waals surface area contributed by atoms with Gasteiger partial charge in [-0.15, -0.1) is 0 Å². The highest BCUT2D eigenvalue weighted by atomic mass is 35.5. The van der Waals surface area contributed by atoms with Crippen molar-refractivity contribution in [2.45, 2.75) is 13.8 Å². The maximum atomic E-state index is 12.7. The number of aromatic nitrogens is 2. The lowest BCUT2D eigenvalue weighted by Crippen LogP contribution is -2.48. The summed E-state index contributed by atoms with van der Waals surface area (Å²) in [4.78, 5) is 35.6. The van der Waals surface area contributed by atoms with Crippen molar-refractivity contribution < 1.29 is 9.59 Å². The lowest BCUT2D eigenvalue weighted by Gasteiger charge is -2.32. The normalized spacial score (nSPS) is 14.3. The van der Waals surface area contributed by atoms with Gasteiger partial charge in [-0.3, -0.25) is 9.59 Å². The summed E-state index contributed by atoms with van der Waals surface area (Å²) >= 11 is 6.15. The quantitative estimate of drug-likeness (QED) is 0.832. The molecule has 0 bridgehead atoms. The SMILES string of the molecule is Cc1cc(C(=O)N2CCN(C=O)CC2)nc(Nc2ccc(C)c(Cl)c2)n1. The molecule has 0 aliphatic carbocycles. The molecule has 7 nitrogen and oxygen atoms in total. The summed E-state index contributed by atoms with van der Waals surface area (Å²) in [5.74, 6) is 0.186. The summed E-state index contributed by atoms with van der Waals surface area (Å²) in [6, 6.07) is 7.25. The fraction of sp³-hybridized carbons (Fsp3) is 0.333. The summed E-state index contributed by atoms with van der Waals surface area (Å²) in [7, 11) is 0. The molecule has 8 heteroatoms. The van der Waals surface area contributed by atoms with Crippen molar-refractivity contribution in [3.63, 3.8) is 0 Å². The summed E-state index contributed by atoms with van der Waals surface area (Å²) in [5, 5.41) is 3.74. The van der Waals surface area contributed by atoms with E-state index in [1.807, 2.05) is 26.0 Å². The number of halogens is 1. The maximum Gasteiger partial charge on any atom is 0.272 e. The van der Waals surface area contributed by atoms with E-state index in [1.54, 1.807) is 21.9 Å². The molecule has 3 rings (SSSR count). The van der Waals surface area contributed by atoms with Crippen LogP contribution in [0.2, 0.25) is 5.02 Å². The zero-order chi connectivity index (χ0) is 18.7. The van der Waals surface area contributed by atoms with Crippen molar-refractivity contribution >= 4 is 35.6 Å². The van der Waals surface area contributed by atoms with Crippen LogP contribution in [0.1, 0.15) is 21.7 Å². The van der Waals surface area contributed by atoms with E-state index in [0.29, 0.717) is 48.5 Å². The molecule has 26 heavy (non-hydrogen) atoms. The van der Waals surface area contributed by atoms with Crippen LogP contribution in [0.15, 0.2) is 24.3 Å². The van der Waals surface area contributed by atoms with Crippen LogP contribution < -0.4 is 5.32 Å². The molecule has 1 fully saturated rings. The van der Waals surface area contributed by atoms with Crippen LogP contribution in [0.25, 0.3) is 0 Å². The summed E-state index contributed by atoms with van der Waals surface area (Å²) in [6.45, 7) is 5.80. The number of aryl methyl sites for hydroxylation is 2. The molecular formula is C18H20ClN5O2. The van der Waals surface area contributed by atoms with Crippen LogP contribution in [-0.2, 0) is 4.79 Å². The molecular weight excluding hydrogens is 354 g/mol. The molecule has 0 saturated carbocycles. The molecule has 0 unspecified atom stereocenters. The molecule has 1 aliphatic rings. The lowest BCUT2D eigenvalue weighted by atomic mass is 10.2. The highest BCUT2D eigenvalue weighted by molar-refractivity contribution is 6.31. The van der Waals surface area contributed by atoms with E-state index in [9.17, 15) is 9.59 Å². The fourth-order valence-electron chi connectivity index (χ4n) is 2.73. The Morgan fingerprint density at radius 1 is 1.15 bits per heavy atom. The van der Waals surface area contributed by atoms with Crippen molar-refractivity contribution in [3.05, 3.63) is 46.2 Å². The third kappa shape index (κ3) is 4.11. The zero-order valence-corrected chi connectivity index (χ0v) is 15.5. The van der Waals surface area contributed by atoms with Gasteiger partial charge in [0.2, 0.25) is 12.4 Å². The average molecular weight is 374 g/mol. The molecule has 2 aromatic rings. The van der Waals surface area contributed by atoms with Crippen molar-refractivity contribution in [3.8, 4) is 0 Å². The molecule has 1 aromatic carbocycles. The molecule has 1 aromatic heterocycles. The van der Waals surface area contributed by atoms with Gasteiger partial charge in [0.1, 0.15) is 5.69 Å². The largest absolute Gasteiger partial charge is 0.342 e. The molecule has 0 radical (unpaired) electrons. The number of anilines is 2. The summed E-state index contributed by atoms with van der Waals surface area (Å²) in [6.07, 6.45) is 0.811. The van der Waals surface area contributed by atoms with Crippen molar-refractivity contribution in [2.24, 2.45) is 0 Å². The van der Waals surface area contributed by atoms with E-state index in [4.69, 9.17) is 11.6 Å². The number of nitrogens with one attached hydrogen (secondary N) is 1. The number of amides is 2. The van der Waals surface area contributed by atoms with Gasteiger partial charge < -0.3 is 15.1 Å². The second kappa shape index (κ2) is 7.70. The highest BCUT2D eigenvalue weighted by Crippen LogP contribution is 2.22. The second-order valence-corrected chi connectivity index (χ2v) is 6.65. The van der Waals surface area contributed by atoms with Crippen LogP contribution in [0.4, 0.5) is 11.6 Å². The molecule has 0 atom stereocenters. The number of piperazine rings is 1. The first-order chi connectivity index (χ1) is 12.5. The van der Waals surface area contributed by atoms with E-state index in [-0.39, 0.29) is 5.91 Å². The molecule has 136 valence electrons. The van der Waals surface area contributed by atoms with Gasteiger partial charge in [0.25, 0.3) is 5.91 Å². The number of carbonyl (C=O) groups excluding carboxylic acids is 2. The fourth-order valence-corrected chi connectivity index (χ4v) is 2.91. The van der Waals surface area contributed by atoms with Crippen LogP contribution in [0, 0.1) is 13.8 Å². The van der Waals surface area contributed by atoms with Gasteiger partial charge in [0.05, 0.1) is 0 Å². The van der Waals surface area contributed by atoms with Gasteiger partial charge in [-0.25, -0.2) is 9.97 Å². The zero-order valence-electron chi connectivity index (χ0n) is 14.7. The smallest absolute Gasteiger partial charge is 0.272 e. The minimum absolute atomic E-state index is 0.161. The van der Waals surface area contributed by atoms with E-state index in [0.717, 1.165) is 17.7 Å². The van der Waals surface area contributed by atoms with Gasteiger partial charge in [0.15, 0.2) is 0 Å². The highest BCUT2D eigenvalue weighted by Gasteiger charge is 2.23. The Labute approximate surface area is 157 Å². The third-order valence-electron chi connectivity index (χ3n) is 4.25. The van der Waals surface area contributed by atoms with E-state index >= 15 is 0 Å². The van der Waals surface area contributed by atoms with Crippen LogP contribution in [0.5, 0.6) is 0 Å². The first-order valence-electron chi connectivity index (χ1n) is 8.34. The van der Waals surface area contributed by atoms with Crippen molar-refractivity contribution in [2.75, 3.05) is 31.5 Å². The van der Waals surface area contributed by atoms with E-state index in [1.165, 1.54) is 0 Å². The monoisotopic (exact) mass is 373 g/mol. The van der Waals surface area contributed by atoms with Crippen LogP contribution >= 0.6 is 11.6 Å². The number of hydrogen-bond acceptors (Lipinski definition) is 5. The van der Waals surface area contributed by atoms with Gasteiger partial charge in [-0.1, -0.05) is 17.7 Å². The van der Waals surface area contributed by atoms with Gasteiger partial charge in [0, 0.05) is 42.6 Å². The van der Waals surface area contributed by atoms with Crippen LogP contribution in [0.3, 0.4) is 0 Å². The Bertz CT molecular complexity index is 834. The van der Waals surface area contributed by atoms with Gasteiger partial charge in [-0.2, -0.15) is 0 Å². The van der Waals surface area contributed by atoms with E-state index in [2.05, 4.69) is 15.3 Å². The molecule has 2 heterocycles. The molecule has 2 amide bonds. The molecule has 0 spiro atoms. The predicted octanol–water partition coefficient (Wildman–Crippen LogP) is 2.40. The van der Waals surface area contributed by atoms with Crippen molar-refractivity contribution in [1.29, 1.82) is 0 Å². The number of benzene rings is 1. The molecule has 1 saturated heterocycles. The molecule has 1 N–H and O–H groups in total. The van der Waals surface area contributed by atoms with E-state index < -0.39 is 0 Å². The Morgan fingerprint density at radius 2 is 1.88 bits per heavy atom. The summed E-state index contributed by atoms with van der Waals surface area (Å²) in [5.41, 5.74) is 2.75. The maximum absolute atomic E-state index is 12.7. The third-order valence-corrected chi connectivity index (χ3v) is 4.66. The lowest BCUT2D eigenvalue weighted by molar-refractivity contribution is -0.119. The van der Waals surface area contributed by atoms with Gasteiger partial charge >= 0.3 is 0 Å². The topological polar surface area (TPSA) is 78.4 Å². The second-order valence-electron chi connectivity index (χ2n) is 6.24. The first-order valence-corrected chi connectivity index (χ1v) is 8.71. The number of hydrogen-bond donors (Lipinski definition) is 1. The van der Waals surface area contributed by atoms with Crippen molar-refractivity contribution in [1.82, 2.24) is 19.8 Å². The minimum Gasteiger partial charge on any atom is -0.342 e. The Morgan fingerprint density at radius 3 is 2.54 bits per heavy atom. The van der Waals surface area contributed by atoms with Gasteiger partial charge in [-0.05, 0) is 37.6 Å². The Balaban J connectivity index is 1.77. The Kier molecular flexibility index (Phi) is 5.37. The number of carbonyl (C=O) groups is 2. The van der Waals surface area contributed by atoms with Crippen LogP contribution in [-0.4, -0.2) is 58.3 Å². The first kappa shape index (κ1) is 18.1. The average Bonchev–Trinajstić information content (AvgIpc) is 2.64. The summed E-state index contributed by atoms with van der Waals surface area (Å²) < 4.78 is 0. The minimum atomic E-state index is -0.161. The predicted molar refractivity (Wildman–Crippen MR) is 99.8 cm³/mol. The number of nitrogens with zero attached hydrogens (tertiary/aromatic N) is 4. The standard InChI is InChI=1S/C18H20ClN5O2/c1-12-3-4-14(10-15(12)19)21-18-20-13(2)9-16(22-18)17(26)24-7-5-23(11-25)6-8-24/h3-4,9-11H,5-8H2,1-2H3,(H,20,21,22). The molecule has 1 aliphatic heterocycles.